The van der Waals surface area contributed by atoms with Crippen LogP contribution in [0.4, 0.5) is 0 Å². The Hall–Kier alpha value is -2.41. The van der Waals surface area contributed by atoms with Crippen molar-refractivity contribution in [3.63, 3.8) is 0 Å². The van der Waals surface area contributed by atoms with Gasteiger partial charge in [-0.15, -0.1) is 0 Å². The fraction of sp³-hybridized carbons (Fsp3) is 0.353. The van der Waals surface area contributed by atoms with Crippen molar-refractivity contribution >= 4 is 23.3 Å². The molecule has 0 radical (unpaired) electrons. The molecule has 2 aromatic rings. The van der Waals surface area contributed by atoms with Gasteiger partial charge < -0.3 is 19.9 Å². The largest absolute Gasteiger partial charge is 0.469 e. The molecule has 0 unspecified atom stereocenters. The lowest BCUT2D eigenvalue weighted by Gasteiger charge is -2.26. The van der Waals surface area contributed by atoms with Gasteiger partial charge in [-0.3, -0.25) is 9.78 Å². The molecule has 2 N–H and O–H groups in total. The van der Waals surface area contributed by atoms with Crippen LogP contribution in [0.3, 0.4) is 0 Å². The minimum Gasteiger partial charge on any atom is -0.469 e. The van der Waals surface area contributed by atoms with Gasteiger partial charge in [0.25, 0.3) is 0 Å². The lowest BCUT2D eigenvalue weighted by Crippen LogP contribution is -2.31. The van der Waals surface area contributed by atoms with E-state index in [2.05, 4.69) is 20.2 Å². The standard InChI is InChI=1S/C17H20N4O2S/c1-23-14(22)8-5-11-21-16(13-7-4-10-19-13)15(20-17(21)24)12-6-2-3-9-18-12/h2-4,6-7,9-10,15-16,19H,5,8,11H2,1H3,(H,20,24)/t15-,16-/m0/s1. The Bertz CT molecular complexity index is 690. The fourth-order valence-electron chi connectivity index (χ4n) is 3.01. The molecule has 2 atom stereocenters. The summed E-state index contributed by atoms with van der Waals surface area (Å²) < 4.78 is 4.71. The molecule has 0 bridgehead atoms. The van der Waals surface area contributed by atoms with E-state index >= 15 is 0 Å². The van der Waals surface area contributed by atoms with E-state index in [1.54, 1.807) is 6.20 Å². The van der Waals surface area contributed by atoms with E-state index in [0.29, 0.717) is 24.5 Å². The third-order valence-electron chi connectivity index (χ3n) is 4.15. The number of hydrogen-bond acceptors (Lipinski definition) is 4. The maximum Gasteiger partial charge on any atom is 0.305 e. The van der Waals surface area contributed by atoms with Crippen LogP contribution in [0.5, 0.6) is 0 Å². The predicted octanol–water partition coefficient (Wildman–Crippen LogP) is 2.34. The molecule has 126 valence electrons. The molecule has 0 saturated carbocycles. The maximum absolute atomic E-state index is 11.4. The van der Waals surface area contributed by atoms with Crippen LogP contribution in [0.15, 0.2) is 42.7 Å². The van der Waals surface area contributed by atoms with Crippen molar-refractivity contribution in [3.8, 4) is 0 Å². The van der Waals surface area contributed by atoms with Gasteiger partial charge in [0.2, 0.25) is 0 Å². The number of pyridine rings is 1. The van der Waals surface area contributed by atoms with Crippen molar-refractivity contribution in [2.75, 3.05) is 13.7 Å². The van der Waals surface area contributed by atoms with Crippen molar-refractivity contribution in [1.82, 2.24) is 20.2 Å². The topological polar surface area (TPSA) is 70.2 Å². The number of carbonyl (C=O) groups is 1. The van der Waals surface area contributed by atoms with Crippen molar-refractivity contribution in [2.45, 2.75) is 24.9 Å². The molecule has 0 aromatic carbocycles. The first-order chi connectivity index (χ1) is 11.7. The van der Waals surface area contributed by atoms with Crippen molar-refractivity contribution < 1.29 is 9.53 Å². The summed E-state index contributed by atoms with van der Waals surface area (Å²) in [5.74, 6) is -0.203. The van der Waals surface area contributed by atoms with Crippen LogP contribution in [0, 0.1) is 0 Å². The highest BCUT2D eigenvalue weighted by molar-refractivity contribution is 7.80. The summed E-state index contributed by atoms with van der Waals surface area (Å²) in [7, 11) is 1.41. The zero-order chi connectivity index (χ0) is 16.9. The smallest absolute Gasteiger partial charge is 0.305 e. The second-order valence-corrected chi connectivity index (χ2v) is 6.01. The highest BCUT2D eigenvalue weighted by Gasteiger charge is 2.39. The fourth-order valence-corrected chi connectivity index (χ4v) is 3.34. The highest BCUT2D eigenvalue weighted by atomic mass is 32.1. The zero-order valence-corrected chi connectivity index (χ0v) is 14.3. The van der Waals surface area contributed by atoms with Gasteiger partial charge in [-0.2, -0.15) is 0 Å². The van der Waals surface area contributed by atoms with Gasteiger partial charge in [-0.1, -0.05) is 6.07 Å². The molecule has 3 heterocycles. The van der Waals surface area contributed by atoms with Crippen molar-refractivity contribution in [2.24, 2.45) is 0 Å². The third-order valence-corrected chi connectivity index (χ3v) is 4.50. The molecule has 1 aliphatic heterocycles. The third kappa shape index (κ3) is 3.41. The lowest BCUT2D eigenvalue weighted by atomic mass is 10.0. The number of H-pyrrole nitrogens is 1. The molecule has 0 spiro atoms. The number of hydrogen-bond donors (Lipinski definition) is 2. The minimum atomic E-state index is -0.203. The summed E-state index contributed by atoms with van der Waals surface area (Å²) in [6.07, 6.45) is 4.74. The van der Waals surface area contributed by atoms with E-state index in [4.69, 9.17) is 17.0 Å². The van der Waals surface area contributed by atoms with Gasteiger partial charge in [-0.25, -0.2) is 0 Å². The van der Waals surface area contributed by atoms with Crippen LogP contribution in [0.2, 0.25) is 0 Å². The van der Waals surface area contributed by atoms with E-state index < -0.39 is 0 Å². The Kier molecular flexibility index (Phi) is 5.10. The quantitative estimate of drug-likeness (QED) is 0.619. The molecule has 1 fully saturated rings. The Labute approximate surface area is 146 Å². The molecule has 7 heteroatoms. The van der Waals surface area contributed by atoms with E-state index in [-0.39, 0.29) is 18.1 Å². The van der Waals surface area contributed by atoms with Gasteiger partial charge in [0.05, 0.1) is 24.9 Å². The summed E-state index contributed by atoms with van der Waals surface area (Å²) in [5.41, 5.74) is 2.01. The van der Waals surface area contributed by atoms with Gasteiger partial charge in [0.15, 0.2) is 5.11 Å². The Morgan fingerprint density at radius 3 is 2.92 bits per heavy atom. The van der Waals surface area contributed by atoms with Crippen molar-refractivity contribution in [1.29, 1.82) is 0 Å². The molecule has 0 amide bonds. The first-order valence-electron chi connectivity index (χ1n) is 7.89. The van der Waals surface area contributed by atoms with Gasteiger partial charge in [0.1, 0.15) is 0 Å². The number of carbonyl (C=O) groups excluding carboxylic acids is 1. The van der Waals surface area contributed by atoms with E-state index in [0.717, 1.165) is 11.4 Å². The molecule has 24 heavy (non-hydrogen) atoms. The Morgan fingerprint density at radius 2 is 2.25 bits per heavy atom. The van der Waals surface area contributed by atoms with Gasteiger partial charge >= 0.3 is 5.97 Å². The highest BCUT2D eigenvalue weighted by Crippen LogP contribution is 2.37. The molecule has 6 nitrogen and oxygen atoms in total. The molecule has 3 rings (SSSR count). The number of rotatable bonds is 6. The average molecular weight is 344 g/mol. The molecule has 1 aliphatic rings. The number of aromatic amines is 1. The van der Waals surface area contributed by atoms with E-state index in [1.807, 2.05) is 36.5 Å². The minimum absolute atomic E-state index is 0.0139. The maximum atomic E-state index is 11.4. The number of methoxy groups -OCH3 is 1. The predicted molar refractivity (Wildman–Crippen MR) is 94.2 cm³/mol. The number of nitrogens with one attached hydrogen (secondary N) is 2. The molecule has 2 aromatic heterocycles. The second-order valence-electron chi connectivity index (χ2n) is 5.63. The van der Waals surface area contributed by atoms with Crippen molar-refractivity contribution in [3.05, 3.63) is 54.1 Å². The average Bonchev–Trinajstić information content (AvgIpc) is 3.24. The van der Waals surface area contributed by atoms with Gasteiger partial charge in [0, 0.05) is 31.1 Å². The summed E-state index contributed by atoms with van der Waals surface area (Å²) in [5, 5.41) is 4.05. The monoisotopic (exact) mass is 344 g/mol. The first kappa shape index (κ1) is 16.4. The van der Waals surface area contributed by atoms with Crippen LogP contribution < -0.4 is 5.32 Å². The number of ether oxygens (including phenoxy) is 1. The zero-order valence-electron chi connectivity index (χ0n) is 13.4. The van der Waals surface area contributed by atoms with Crippen LogP contribution >= 0.6 is 12.2 Å². The summed E-state index contributed by atoms with van der Waals surface area (Å²) in [6.45, 7) is 0.675. The number of esters is 1. The summed E-state index contributed by atoms with van der Waals surface area (Å²) >= 11 is 5.53. The summed E-state index contributed by atoms with van der Waals surface area (Å²) in [4.78, 5) is 21.2. The van der Waals surface area contributed by atoms with Crippen LogP contribution in [0.1, 0.15) is 36.3 Å². The number of aromatic nitrogens is 2. The number of thiocarbonyl (C=S) groups is 1. The van der Waals surface area contributed by atoms with E-state index in [9.17, 15) is 4.79 Å². The van der Waals surface area contributed by atoms with Gasteiger partial charge in [-0.05, 0) is 42.9 Å². The molecule has 1 saturated heterocycles. The van der Waals surface area contributed by atoms with Crippen LogP contribution in [-0.2, 0) is 9.53 Å². The normalized spacial score (nSPS) is 20.0. The first-order valence-corrected chi connectivity index (χ1v) is 8.29. The van der Waals surface area contributed by atoms with E-state index in [1.165, 1.54) is 7.11 Å². The molecular weight excluding hydrogens is 324 g/mol. The summed E-state index contributed by atoms with van der Waals surface area (Å²) in [6, 6.07) is 9.86. The second kappa shape index (κ2) is 7.44. The van der Waals surface area contributed by atoms with Crippen LogP contribution in [-0.4, -0.2) is 39.6 Å². The lowest BCUT2D eigenvalue weighted by molar-refractivity contribution is -0.140. The molecule has 0 aliphatic carbocycles. The Morgan fingerprint density at radius 1 is 1.38 bits per heavy atom. The number of nitrogens with zero attached hydrogens (tertiary/aromatic N) is 2. The molecular formula is C17H20N4O2S. The SMILES string of the molecule is COC(=O)CCCN1C(=S)N[C@@H](c2ccccn2)[C@@H]1c1ccc[nH]1. The van der Waals surface area contributed by atoms with Crippen LogP contribution in [0.25, 0.3) is 0 Å². The Balaban J connectivity index is 1.81.